The van der Waals surface area contributed by atoms with Crippen molar-refractivity contribution in [1.82, 2.24) is 9.80 Å². The molecule has 2 N–H and O–H groups in total. The first-order valence-corrected chi connectivity index (χ1v) is 6.20. The number of hydrogen-bond donors (Lipinski definition) is 1. The predicted octanol–water partition coefficient (Wildman–Crippen LogP) is 1.51. The number of carbonyl (C=O) groups is 1. The Morgan fingerprint density at radius 1 is 1.44 bits per heavy atom. The Morgan fingerprint density at radius 2 is 2.06 bits per heavy atom. The van der Waals surface area contributed by atoms with Crippen LogP contribution in [0.5, 0.6) is 0 Å². The lowest BCUT2D eigenvalue weighted by atomic mass is 10.0. The predicted molar refractivity (Wildman–Crippen MR) is 66.2 cm³/mol. The van der Waals surface area contributed by atoms with Crippen LogP contribution in [0.15, 0.2) is 0 Å². The van der Waals surface area contributed by atoms with Crippen LogP contribution in [0.2, 0.25) is 0 Å². The highest BCUT2D eigenvalue weighted by atomic mass is 16.2. The van der Waals surface area contributed by atoms with Crippen molar-refractivity contribution in [2.75, 3.05) is 20.1 Å². The van der Waals surface area contributed by atoms with Crippen LogP contribution in [0, 0.1) is 5.92 Å². The zero-order valence-electron chi connectivity index (χ0n) is 10.9. The average Bonchev–Trinajstić information content (AvgIpc) is 2.46. The Hall–Kier alpha value is -0.770. The molecule has 0 aromatic carbocycles. The van der Waals surface area contributed by atoms with Gasteiger partial charge in [0.05, 0.1) is 6.04 Å². The number of amides is 2. The summed E-state index contributed by atoms with van der Waals surface area (Å²) < 4.78 is 0. The van der Waals surface area contributed by atoms with Gasteiger partial charge in [-0.05, 0) is 32.2 Å². The first-order valence-electron chi connectivity index (χ1n) is 6.20. The second-order valence-electron chi connectivity index (χ2n) is 5.26. The summed E-state index contributed by atoms with van der Waals surface area (Å²) in [5.74, 6) is 0.630. The van der Waals surface area contributed by atoms with E-state index in [1.54, 1.807) is 0 Å². The van der Waals surface area contributed by atoms with E-state index >= 15 is 0 Å². The Kier molecular flexibility index (Phi) is 4.59. The van der Waals surface area contributed by atoms with Gasteiger partial charge in [0.15, 0.2) is 0 Å². The maximum atomic E-state index is 12.0. The molecule has 1 aliphatic rings. The average molecular weight is 227 g/mol. The molecular weight excluding hydrogens is 202 g/mol. The molecule has 0 spiro atoms. The topological polar surface area (TPSA) is 49.6 Å². The Bertz CT molecular complexity index is 242. The summed E-state index contributed by atoms with van der Waals surface area (Å²) in [5.41, 5.74) is 5.54. The summed E-state index contributed by atoms with van der Waals surface area (Å²) in [6, 6.07) is 0.788. The molecule has 0 saturated carbocycles. The van der Waals surface area contributed by atoms with E-state index in [9.17, 15) is 4.79 Å². The molecule has 2 unspecified atom stereocenters. The standard InChI is InChI=1S/C12H25N3O/c1-9(2)7-11-8-15(10(3)5-6-13)12(16)14(11)4/h9-11H,5-8,13H2,1-4H3. The lowest BCUT2D eigenvalue weighted by Gasteiger charge is -2.23. The van der Waals surface area contributed by atoms with Gasteiger partial charge < -0.3 is 15.5 Å². The fraction of sp³-hybridized carbons (Fsp3) is 0.917. The molecule has 16 heavy (non-hydrogen) atoms. The number of likely N-dealkylation sites (N-methyl/N-ethyl adjacent to an activating group) is 1. The highest BCUT2D eigenvalue weighted by molar-refractivity contribution is 5.77. The van der Waals surface area contributed by atoms with Crippen LogP contribution in [0.1, 0.15) is 33.6 Å². The molecule has 1 saturated heterocycles. The highest BCUT2D eigenvalue weighted by Gasteiger charge is 2.36. The quantitative estimate of drug-likeness (QED) is 0.774. The fourth-order valence-corrected chi connectivity index (χ4v) is 2.33. The normalized spacial score (nSPS) is 23.4. The molecule has 1 aliphatic heterocycles. The van der Waals surface area contributed by atoms with Crippen molar-refractivity contribution < 1.29 is 4.79 Å². The summed E-state index contributed by atoms with van der Waals surface area (Å²) in [4.78, 5) is 15.9. The number of hydrogen-bond acceptors (Lipinski definition) is 2. The van der Waals surface area contributed by atoms with Crippen LogP contribution in [0.25, 0.3) is 0 Å². The summed E-state index contributed by atoms with van der Waals surface area (Å²) in [7, 11) is 1.91. The van der Waals surface area contributed by atoms with Crippen molar-refractivity contribution in [3.63, 3.8) is 0 Å². The van der Waals surface area contributed by atoms with Crippen molar-refractivity contribution in [3.05, 3.63) is 0 Å². The molecule has 0 bridgehead atoms. The summed E-state index contributed by atoms with van der Waals surface area (Å²) in [6.45, 7) is 7.98. The summed E-state index contributed by atoms with van der Waals surface area (Å²) in [5, 5.41) is 0. The van der Waals surface area contributed by atoms with Crippen LogP contribution < -0.4 is 5.73 Å². The van der Waals surface area contributed by atoms with E-state index in [4.69, 9.17) is 5.73 Å². The Morgan fingerprint density at radius 3 is 2.56 bits per heavy atom. The zero-order valence-corrected chi connectivity index (χ0v) is 10.9. The minimum absolute atomic E-state index is 0.159. The minimum atomic E-state index is 0.159. The molecule has 2 atom stereocenters. The van der Waals surface area contributed by atoms with Crippen molar-refractivity contribution in [1.29, 1.82) is 0 Å². The van der Waals surface area contributed by atoms with Crippen LogP contribution in [0.4, 0.5) is 4.79 Å². The van der Waals surface area contributed by atoms with Gasteiger partial charge in [-0.25, -0.2) is 4.79 Å². The fourth-order valence-electron chi connectivity index (χ4n) is 2.33. The highest BCUT2D eigenvalue weighted by Crippen LogP contribution is 2.22. The van der Waals surface area contributed by atoms with E-state index in [0.29, 0.717) is 18.5 Å². The lowest BCUT2D eigenvalue weighted by Crippen LogP contribution is -2.37. The SMILES string of the molecule is CC(C)CC1CN(C(C)CCN)C(=O)N1C. The van der Waals surface area contributed by atoms with Gasteiger partial charge in [0.2, 0.25) is 0 Å². The van der Waals surface area contributed by atoms with Crippen LogP contribution >= 0.6 is 0 Å². The number of urea groups is 1. The first-order chi connectivity index (χ1) is 7.47. The maximum absolute atomic E-state index is 12.0. The Balaban J connectivity index is 2.60. The van der Waals surface area contributed by atoms with Gasteiger partial charge in [-0.2, -0.15) is 0 Å². The number of carbonyl (C=O) groups excluding carboxylic acids is 1. The molecule has 0 radical (unpaired) electrons. The molecule has 0 aromatic heterocycles. The molecule has 1 rings (SSSR count). The lowest BCUT2D eigenvalue weighted by molar-refractivity contribution is 0.182. The number of nitrogens with zero attached hydrogens (tertiary/aromatic N) is 2. The summed E-state index contributed by atoms with van der Waals surface area (Å²) >= 11 is 0. The van der Waals surface area contributed by atoms with Crippen LogP contribution in [-0.4, -0.2) is 48.1 Å². The van der Waals surface area contributed by atoms with Crippen LogP contribution in [0.3, 0.4) is 0 Å². The van der Waals surface area contributed by atoms with E-state index in [-0.39, 0.29) is 12.1 Å². The molecule has 0 aromatic rings. The molecule has 4 nitrogen and oxygen atoms in total. The third-order valence-corrected chi connectivity index (χ3v) is 3.36. The molecule has 0 aliphatic carbocycles. The first kappa shape index (κ1) is 13.3. The van der Waals surface area contributed by atoms with Crippen LogP contribution in [-0.2, 0) is 0 Å². The van der Waals surface area contributed by atoms with E-state index in [1.165, 1.54) is 0 Å². The van der Waals surface area contributed by atoms with E-state index in [1.807, 2.05) is 16.8 Å². The van der Waals surface area contributed by atoms with Crippen molar-refractivity contribution >= 4 is 6.03 Å². The van der Waals surface area contributed by atoms with E-state index in [0.717, 1.165) is 19.4 Å². The van der Waals surface area contributed by atoms with Crippen molar-refractivity contribution in [3.8, 4) is 0 Å². The molecule has 94 valence electrons. The third-order valence-electron chi connectivity index (χ3n) is 3.36. The summed E-state index contributed by atoms with van der Waals surface area (Å²) in [6.07, 6.45) is 1.96. The van der Waals surface area contributed by atoms with Crippen molar-refractivity contribution in [2.45, 2.75) is 45.7 Å². The minimum Gasteiger partial charge on any atom is -0.330 e. The van der Waals surface area contributed by atoms with E-state index < -0.39 is 0 Å². The monoisotopic (exact) mass is 227 g/mol. The van der Waals surface area contributed by atoms with Gasteiger partial charge in [0, 0.05) is 19.6 Å². The number of nitrogens with two attached hydrogens (primary N) is 1. The molecule has 2 amide bonds. The smallest absolute Gasteiger partial charge is 0.320 e. The van der Waals surface area contributed by atoms with Gasteiger partial charge in [-0.3, -0.25) is 0 Å². The van der Waals surface area contributed by atoms with Gasteiger partial charge in [-0.1, -0.05) is 13.8 Å². The largest absolute Gasteiger partial charge is 0.330 e. The van der Waals surface area contributed by atoms with E-state index in [2.05, 4.69) is 20.8 Å². The second kappa shape index (κ2) is 5.53. The van der Waals surface area contributed by atoms with Gasteiger partial charge in [0.25, 0.3) is 0 Å². The molecule has 1 fully saturated rings. The van der Waals surface area contributed by atoms with Gasteiger partial charge in [0.1, 0.15) is 0 Å². The third kappa shape index (κ3) is 2.88. The van der Waals surface area contributed by atoms with Gasteiger partial charge in [-0.15, -0.1) is 0 Å². The second-order valence-corrected chi connectivity index (χ2v) is 5.26. The molecule has 1 heterocycles. The molecular formula is C12H25N3O. The number of rotatable bonds is 5. The van der Waals surface area contributed by atoms with Crippen molar-refractivity contribution in [2.24, 2.45) is 11.7 Å². The maximum Gasteiger partial charge on any atom is 0.320 e. The Labute approximate surface area is 98.8 Å². The van der Waals surface area contributed by atoms with Gasteiger partial charge >= 0.3 is 6.03 Å². The molecule has 4 heteroatoms. The zero-order chi connectivity index (χ0) is 12.3.